The molecule has 13 heteroatoms. The van der Waals surface area contributed by atoms with Crippen LogP contribution in [0.5, 0.6) is 0 Å². The summed E-state index contributed by atoms with van der Waals surface area (Å²) in [6.07, 6.45) is 0.926. The first-order chi connectivity index (χ1) is 15.7. The summed E-state index contributed by atoms with van der Waals surface area (Å²) < 4.78 is 38.6. The molecular formula is C20H21F3N8O2. The van der Waals surface area contributed by atoms with Gasteiger partial charge in [0, 0.05) is 19.3 Å². The fraction of sp³-hybridized carbons (Fsp3) is 0.400. The quantitative estimate of drug-likeness (QED) is 0.551. The van der Waals surface area contributed by atoms with Gasteiger partial charge in [0.15, 0.2) is 11.5 Å². The number of anilines is 1. The van der Waals surface area contributed by atoms with Crippen LogP contribution in [0.4, 0.5) is 23.8 Å². The molecule has 1 fully saturated rings. The summed E-state index contributed by atoms with van der Waals surface area (Å²) in [7, 11) is 0. The van der Waals surface area contributed by atoms with E-state index >= 15 is 0 Å². The molecule has 3 amide bonds. The van der Waals surface area contributed by atoms with E-state index in [1.54, 1.807) is 24.4 Å². The number of hydrogen-bond acceptors (Lipinski definition) is 6. The molecule has 0 aliphatic carbocycles. The Morgan fingerprint density at radius 1 is 1.33 bits per heavy atom. The van der Waals surface area contributed by atoms with E-state index in [-0.39, 0.29) is 6.04 Å². The number of hydrogen-bond donors (Lipinski definition) is 4. The van der Waals surface area contributed by atoms with E-state index < -0.39 is 30.2 Å². The molecule has 1 unspecified atom stereocenters. The average molecular weight is 462 g/mol. The van der Waals surface area contributed by atoms with Crippen molar-refractivity contribution in [3.05, 3.63) is 42.0 Å². The van der Waals surface area contributed by atoms with E-state index in [1.165, 1.54) is 11.0 Å². The van der Waals surface area contributed by atoms with Gasteiger partial charge in [0.1, 0.15) is 17.9 Å². The number of H-pyrrole nitrogens is 1. The summed E-state index contributed by atoms with van der Waals surface area (Å²) in [5.74, 6) is -0.146. The van der Waals surface area contributed by atoms with Crippen LogP contribution < -0.4 is 16.0 Å². The molecular weight excluding hydrogens is 441 g/mol. The largest absolute Gasteiger partial charge is 0.408 e. The Labute approximate surface area is 185 Å². The predicted molar refractivity (Wildman–Crippen MR) is 111 cm³/mol. The van der Waals surface area contributed by atoms with Gasteiger partial charge in [-0.2, -0.15) is 18.3 Å². The summed E-state index contributed by atoms with van der Waals surface area (Å²) in [5.41, 5.74) is 1.23. The maximum atomic E-state index is 13.3. The van der Waals surface area contributed by atoms with Crippen molar-refractivity contribution in [3.8, 4) is 0 Å². The summed E-state index contributed by atoms with van der Waals surface area (Å²) in [4.78, 5) is 33.5. The molecule has 4 N–H and O–H groups in total. The fourth-order valence-electron chi connectivity index (χ4n) is 4.25. The Morgan fingerprint density at radius 3 is 2.94 bits per heavy atom. The van der Waals surface area contributed by atoms with Gasteiger partial charge in [0.05, 0.1) is 17.1 Å². The molecule has 2 aromatic rings. The minimum absolute atomic E-state index is 0.163. The summed E-state index contributed by atoms with van der Waals surface area (Å²) in [6, 6.07) is -0.187. The molecule has 0 saturated carbocycles. The highest BCUT2D eigenvalue weighted by Crippen LogP contribution is 2.34. The molecule has 2 aromatic heterocycles. The number of carbonyl (C=O) groups is 2. The molecule has 3 atom stereocenters. The van der Waals surface area contributed by atoms with Gasteiger partial charge in [-0.25, -0.2) is 9.78 Å². The lowest BCUT2D eigenvalue weighted by atomic mass is 10.1. The number of nitrogens with one attached hydrogen (secondary N) is 4. The second kappa shape index (κ2) is 7.67. The molecule has 5 rings (SSSR count). The Morgan fingerprint density at radius 2 is 2.15 bits per heavy atom. The lowest BCUT2D eigenvalue weighted by Crippen LogP contribution is -2.57. The second-order valence-corrected chi connectivity index (χ2v) is 8.15. The first-order valence-corrected chi connectivity index (χ1v) is 10.4. The van der Waals surface area contributed by atoms with E-state index in [1.807, 2.05) is 5.32 Å². The van der Waals surface area contributed by atoms with Crippen LogP contribution in [0.15, 0.2) is 42.0 Å². The number of carbonyl (C=O) groups excluding carboxylic acids is 2. The fourth-order valence-corrected chi connectivity index (χ4v) is 4.25. The van der Waals surface area contributed by atoms with Crippen molar-refractivity contribution in [2.24, 2.45) is 0 Å². The molecule has 0 aromatic carbocycles. The van der Waals surface area contributed by atoms with Gasteiger partial charge in [-0.3, -0.25) is 20.1 Å². The predicted octanol–water partition coefficient (Wildman–Crippen LogP) is 1.64. The van der Waals surface area contributed by atoms with Crippen LogP contribution in [0.3, 0.4) is 0 Å². The highest BCUT2D eigenvalue weighted by molar-refractivity contribution is 5.98. The van der Waals surface area contributed by atoms with Crippen LogP contribution in [-0.2, 0) is 4.79 Å². The first-order valence-electron chi connectivity index (χ1n) is 10.4. The molecule has 2 bridgehead atoms. The van der Waals surface area contributed by atoms with E-state index in [4.69, 9.17) is 0 Å². The zero-order chi connectivity index (χ0) is 23.3. The highest BCUT2D eigenvalue weighted by atomic mass is 19.4. The summed E-state index contributed by atoms with van der Waals surface area (Å²) in [5, 5.41) is 15.2. The third-order valence-electron chi connectivity index (χ3n) is 6.00. The number of halogens is 3. The summed E-state index contributed by atoms with van der Waals surface area (Å²) >= 11 is 0. The highest BCUT2D eigenvalue weighted by Gasteiger charge is 2.43. The number of alkyl halides is 3. The van der Waals surface area contributed by atoms with Crippen LogP contribution in [0.2, 0.25) is 0 Å². The Kier molecular flexibility index (Phi) is 4.91. The molecule has 3 aliphatic heterocycles. The Balaban J connectivity index is 1.38. The van der Waals surface area contributed by atoms with Crippen LogP contribution in [0.25, 0.3) is 11.0 Å². The van der Waals surface area contributed by atoms with Crippen LogP contribution >= 0.6 is 0 Å². The molecule has 0 radical (unpaired) electrons. The number of nitrogens with zero attached hydrogens (tertiary/aromatic N) is 4. The molecule has 3 aliphatic rings. The van der Waals surface area contributed by atoms with Gasteiger partial charge in [0.2, 0.25) is 5.91 Å². The van der Waals surface area contributed by atoms with Crippen LogP contribution in [0.1, 0.15) is 13.3 Å². The third kappa shape index (κ3) is 3.72. The molecule has 10 nitrogen and oxygen atoms in total. The molecule has 5 heterocycles. The maximum Gasteiger partial charge on any atom is 0.408 e. The van der Waals surface area contributed by atoms with Gasteiger partial charge >= 0.3 is 12.2 Å². The van der Waals surface area contributed by atoms with Gasteiger partial charge in [-0.15, -0.1) is 0 Å². The van der Waals surface area contributed by atoms with Crippen molar-refractivity contribution >= 4 is 28.8 Å². The monoisotopic (exact) mass is 462 g/mol. The number of amides is 3. The van der Waals surface area contributed by atoms with Crippen molar-refractivity contribution in [2.75, 3.05) is 18.4 Å². The number of allylic oxidation sites excluding steroid dienone is 1. The van der Waals surface area contributed by atoms with E-state index in [0.29, 0.717) is 41.3 Å². The zero-order valence-corrected chi connectivity index (χ0v) is 17.5. The average Bonchev–Trinajstić information content (AvgIpc) is 3.38. The van der Waals surface area contributed by atoms with E-state index in [0.717, 1.165) is 13.5 Å². The first kappa shape index (κ1) is 21.1. The number of aromatic nitrogens is 3. The molecule has 174 valence electrons. The van der Waals surface area contributed by atoms with Crippen molar-refractivity contribution in [2.45, 2.75) is 37.6 Å². The van der Waals surface area contributed by atoms with E-state index in [2.05, 4.69) is 30.7 Å². The van der Waals surface area contributed by atoms with E-state index in [9.17, 15) is 22.8 Å². The molecule has 1 saturated heterocycles. The summed E-state index contributed by atoms with van der Waals surface area (Å²) in [6.45, 7) is 2.21. The lowest BCUT2D eigenvalue weighted by Gasteiger charge is -2.40. The van der Waals surface area contributed by atoms with Crippen molar-refractivity contribution in [1.82, 2.24) is 35.6 Å². The third-order valence-corrected chi connectivity index (χ3v) is 6.00. The van der Waals surface area contributed by atoms with Gasteiger partial charge < -0.3 is 15.5 Å². The number of aromatic amines is 1. The van der Waals surface area contributed by atoms with Gasteiger partial charge in [-0.1, -0.05) is 6.08 Å². The minimum Gasteiger partial charge on any atom is -0.366 e. The standard InChI is InChI=1S/C20H21F3N8O2/c1-10(20(21,22)23)25-18(32)13-4-5-14-17(26-13)31(11-6-8-30(14)9-11)19(33)27-16-12-3-2-7-24-15(12)28-29-16/h2-5,7,10-11,13,26H,6,8-9H2,1H3,(H,25,32)(H2,24,27,28,29,33)/t10-,11+,13?/m1/s1. The van der Waals surface area contributed by atoms with Crippen LogP contribution in [-0.4, -0.2) is 74.3 Å². The number of dihydropyridines is 1. The van der Waals surface area contributed by atoms with Crippen molar-refractivity contribution in [1.29, 1.82) is 0 Å². The number of fused-ring (bicyclic) bond motifs is 4. The number of pyridine rings is 1. The number of rotatable bonds is 3. The Bertz CT molecular complexity index is 1170. The lowest BCUT2D eigenvalue weighted by molar-refractivity contribution is -0.158. The Hall–Kier alpha value is -3.77. The van der Waals surface area contributed by atoms with Crippen molar-refractivity contribution in [3.63, 3.8) is 0 Å². The topological polar surface area (TPSA) is 118 Å². The maximum absolute atomic E-state index is 13.3. The molecule has 33 heavy (non-hydrogen) atoms. The van der Waals surface area contributed by atoms with Crippen molar-refractivity contribution < 1.29 is 22.8 Å². The van der Waals surface area contributed by atoms with Gasteiger partial charge in [0.25, 0.3) is 0 Å². The SMILES string of the molecule is C[C@@H](NC(=O)C1C=CC2=C(N1)N(C(=O)Nc1n[nH]c3ncccc13)[C@H]1CCN2C1)C(F)(F)F. The normalized spacial score (nSPS) is 22.8. The smallest absolute Gasteiger partial charge is 0.366 e. The minimum atomic E-state index is -4.55. The van der Waals surface area contributed by atoms with Gasteiger partial charge in [-0.05, 0) is 31.6 Å². The molecule has 0 spiro atoms. The second-order valence-electron chi connectivity index (χ2n) is 8.15. The van der Waals surface area contributed by atoms with Crippen LogP contribution in [0, 0.1) is 0 Å². The number of urea groups is 1. The zero-order valence-electron chi connectivity index (χ0n) is 17.5.